The Balaban J connectivity index is 0.000000102. The largest absolute Gasteiger partial charge is 0.464 e. The molecule has 0 amide bonds. The van der Waals surface area contributed by atoms with Crippen LogP contribution in [0.4, 0.5) is 0 Å². The van der Waals surface area contributed by atoms with Crippen molar-refractivity contribution in [1.29, 1.82) is 0 Å². The second-order valence-electron chi connectivity index (χ2n) is 34.4. The maximum absolute atomic E-state index is 5.47. The van der Waals surface area contributed by atoms with Crippen LogP contribution >= 0.6 is 0 Å². The van der Waals surface area contributed by atoms with Gasteiger partial charge in [-0.15, -0.1) is 0 Å². The van der Waals surface area contributed by atoms with Gasteiger partial charge in [-0.05, 0) is 149 Å². The Kier molecular flexibility index (Phi) is 23.8. The van der Waals surface area contributed by atoms with Gasteiger partial charge in [0.15, 0.2) is 28.2 Å². The van der Waals surface area contributed by atoms with Crippen molar-refractivity contribution in [3.8, 4) is 44.8 Å². The van der Waals surface area contributed by atoms with Gasteiger partial charge in [-0.1, -0.05) is 108 Å². The van der Waals surface area contributed by atoms with E-state index in [0.717, 1.165) is 262 Å². The van der Waals surface area contributed by atoms with Crippen molar-refractivity contribution in [2.24, 2.45) is 0 Å². The average molecular weight is 1600 g/mol. The summed E-state index contributed by atoms with van der Waals surface area (Å²) in [6.07, 6.45) is 43.6. The van der Waals surface area contributed by atoms with Crippen molar-refractivity contribution in [2.75, 3.05) is 65.4 Å². The fraction of sp³-hybridized carbons (Fsp3) is 0.479. The first-order valence-corrected chi connectivity index (χ1v) is 44.1. The molecule has 5 aliphatic heterocycles. The van der Waals surface area contributed by atoms with E-state index < -0.39 is 0 Å². The van der Waals surface area contributed by atoms with Gasteiger partial charge in [0.05, 0.1) is 18.2 Å². The summed E-state index contributed by atoms with van der Waals surface area (Å²) in [5, 5.41) is 0. The van der Waals surface area contributed by atoms with Gasteiger partial charge < -0.3 is 27.3 Å². The first-order chi connectivity index (χ1) is 57.7. The highest BCUT2D eigenvalue weighted by Gasteiger charge is 2.34. The average Bonchev–Trinajstić information content (AvgIpc) is 1.66. The summed E-state index contributed by atoms with van der Waals surface area (Å²) in [4.78, 5) is 69.6. The third-order valence-corrected chi connectivity index (χ3v) is 27.3. The Labute approximate surface area is 699 Å². The lowest BCUT2D eigenvalue weighted by molar-refractivity contribution is 0.130. The summed E-state index contributed by atoms with van der Waals surface area (Å²) in [5.74, 6) is 6.80. The van der Waals surface area contributed by atoms with Crippen LogP contribution in [-0.2, 0) is 71.2 Å². The van der Waals surface area contributed by atoms with E-state index in [0.29, 0.717) is 0 Å². The molecule has 5 aliphatic carbocycles. The van der Waals surface area contributed by atoms with E-state index in [1.54, 1.807) is 24.9 Å². The summed E-state index contributed by atoms with van der Waals surface area (Å²) >= 11 is 0. The molecule has 0 N–H and O–H groups in total. The summed E-state index contributed by atoms with van der Waals surface area (Å²) in [5.41, 5.74) is 21.6. The minimum absolute atomic E-state index is 0. The topological polar surface area (TPSA) is 209 Å². The Hall–Kier alpha value is -10.3. The molecule has 17 heterocycles. The molecule has 24 rings (SSSR count). The second-order valence-corrected chi connectivity index (χ2v) is 34.4. The fourth-order valence-electron chi connectivity index (χ4n) is 19.2. The molecular weight excluding hydrogens is 1480 g/mol. The van der Waals surface area contributed by atoms with Crippen molar-refractivity contribution in [3.63, 3.8) is 0 Å². The van der Waals surface area contributed by atoms with E-state index in [-0.39, 0.29) is 14.9 Å². The van der Waals surface area contributed by atoms with Crippen LogP contribution in [0.25, 0.3) is 101 Å². The van der Waals surface area contributed by atoms with E-state index in [1.165, 1.54) is 147 Å². The lowest BCUT2D eigenvalue weighted by Crippen LogP contribution is -2.41. The predicted molar refractivity (Wildman–Crippen MR) is 474 cm³/mol. The minimum atomic E-state index is 0. The number of hydrogen-bond donors (Lipinski definition) is 0. The van der Waals surface area contributed by atoms with Gasteiger partial charge in [0.25, 0.3) is 0 Å². The molecule has 0 saturated heterocycles. The van der Waals surface area contributed by atoms with Crippen molar-refractivity contribution in [2.45, 2.75) is 233 Å². The lowest BCUT2D eigenvalue weighted by atomic mass is 9.91. The van der Waals surface area contributed by atoms with E-state index in [2.05, 4.69) is 167 Å². The zero-order chi connectivity index (χ0) is 78.3. The zero-order valence-corrected chi connectivity index (χ0v) is 68.4. The molecule has 23 heteroatoms. The summed E-state index contributed by atoms with van der Waals surface area (Å²) < 4.78 is 17.1. The number of aromatic nitrogens is 17. The first kappa shape index (κ1) is 79.8. The quantitative estimate of drug-likeness (QED) is 0.125. The highest BCUT2D eigenvalue weighted by molar-refractivity contribution is 5.82. The Bertz CT molecular complexity index is 5780. The van der Waals surface area contributed by atoms with Crippen molar-refractivity contribution >= 4 is 55.8 Å². The number of benzene rings is 2. The van der Waals surface area contributed by atoms with Crippen molar-refractivity contribution < 1.29 is 4.42 Å². The third-order valence-electron chi connectivity index (χ3n) is 27.3. The number of aryl methyl sites for hydroxylation is 3. The number of pyridine rings is 5. The molecule has 119 heavy (non-hydrogen) atoms. The molecule has 12 aromatic heterocycles. The number of imidazole rings is 5. The van der Waals surface area contributed by atoms with E-state index in [9.17, 15) is 0 Å². The Morgan fingerprint density at radius 3 is 0.992 bits per heavy atom. The smallest absolute Gasteiger partial charge is 0.160 e. The maximum atomic E-state index is 5.47. The predicted octanol–water partition coefficient (Wildman–Crippen LogP) is 16.7. The highest BCUT2D eigenvalue weighted by Crippen LogP contribution is 2.36. The maximum Gasteiger partial charge on any atom is 0.160 e. The second kappa shape index (κ2) is 35.6. The number of hydrogen-bond acceptors (Lipinski definition) is 18. The van der Waals surface area contributed by atoms with Gasteiger partial charge >= 0.3 is 0 Å². The highest BCUT2D eigenvalue weighted by atomic mass is 16.3. The molecule has 618 valence electrons. The summed E-state index contributed by atoms with van der Waals surface area (Å²) in [7, 11) is 0. The molecule has 0 spiro atoms. The van der Waals surface area contributed by atoms with Crippen LogP contribution in [0.5, 0.6) is 0 Å². The van der Waals surface area contributed by atoms with Crippen LogP contribution in [0.1, 0.15) is 164 Å². The first-order valence-electron chi connectivity index (χ1n) is 44.1. The van der Waals surface area contributed by atoms with Crippen LogP contribution in [0.15, 0.2) is 151 Å². The monoisotopic (exact) mass is 1590 g/mol. The number of furan rings is 1. The number of nitrogens with zero attached hydrogens (tertiary/aromatic N) is 22. The van der Waals surface area contributed by atoms with Gasteiger partial charge in [-0.3, -0.25) is 34.5 Å². The SMILES string of the molecule is C.C.CCc1ccc(-c2cnc3c(c2)nc2n3CCN(C3CCC3)CC2)cc1.Cc1ccc(-c2cnc3c(c2)nc2n3CCN(C3CCC3)CC2)cc1.Cc1cnc2c(c1)nc1n2CCN(C2CCC2)CC1.c1cnc(-c2cnc3c(c2)nc2n3CCN(C3CCC3)CC2)cn1.c1coc(-c2cnc3c(c2)nc2n3CCN(C3CCC3)CC2)c1. The molecule has 5 fully saturated rings. The minimum Gasteiger partial charge on any atom is -0.464 e. The summed E-state index contributed by atoms with van der Waals surface area (Å²) in [6.45, 7) is 22.7. The molecule has 0 radical (unpaired) electrons. The van der Waals surface area contributed by atoms with Gasteiger partial charge in [-0.2, -0.15) is 0 Å². The van der Waals surface area contributed by atoms with Crippen LogP contribution in [0.2, 0.25) is 0 Å². The molecule has 0 unspecified atom stereocenters. The molecule has 5 saturated carbocycles. The van der Waals surface area contributed by atoms with Gasteiger partial charge in [0.2, 0.25) is 0 Å². The number of fused-ring (bicyclic) bond motifs is 15. The zero-order valence-electron chi connectivity index (χ0n) is 68.4. The molecule has 10 aliphatic rings. The van der Waals surface area contributed by atoms with Crippen LogP contribution in [0, 0.1) is 13.8 Å². The summed E-state index contributed by atoms with van der Waals surface area (Å²) in [6, 6.07) is 36.1. The molecular formula is C96H118N22O. The molecule has 0 atom stereocenters. The van der Waals surface area contributed by atoms with Gasteiger partial charge in [0.1, 0.15) is 62.5 Å². The van der Waals surface area contributed by atoms with E-state index in [4.69, 9.17) is 44.3 Å². The molecule has 2 aromatic carbocycles. The van der Waals surface area contributed by atoms with E-state index in [1.807, 2.05) is 43.1 Å². The van der Waals surface area contributed by atoms with Crippen molar-refractivity contribution in [1.82, 2.24) is 107 Å². The van der Waals surface area contributed by atoms with Crippen LogP contribution < -0.4 is 0 Å². The molecule has 14 aromatic rings. The fourth-order valence-corrected chi connectivity index (χ4v) is 19.2. The van der Waals surface area contributed by atoms with Crippen LogP contribution in [0.3, 0.4) is 0 Å². The lowest BCUT2D eigenvalue weighted by Gasteiger charge is -2.36. The third kappa shape index (κ3) is 16.8. The molecule has 0 bridgehead atoms. The van der Waals surface area contributed by atoms with Crippen LogP contribution in [-0.4, -0.2) is 203 Å². The van der Waals surface area contributed by atoms with E-state index >= 15 is 0 Å². The van der Waals surface area contributed by atoms with Crippen molar-refractivity contribution in [3.05, 3.63) is 193 Å². The standard InChI is InChI=1S/C22H26N4.C21H24N4.C18H20N6.C18H20N4O.C15H20N4.2CH4/c1-2-16-6-8-17(9-7-16)18-14-20-22(23-15-18)26-13-12-25(19-4-3-5-19)11-10-21(26)24-20;1-15-5-7-16(8-6-15)17-13-19-21(22-14-17)25-12-11-24(18-3-2-4-18)10-9-20(25)23-19;1-2-14(3-1)23-7-4-17-22-15-10-13(16-12-19-5-6-20-16)11-21-18(15)24(17)9-8-23;1-3-14(4-1)21-7-6-17-20-15-11-13(16-5-2-10-23-16)12-19-18(15)22(17)9-8-21;1-11-9-13-15(16-10-11)19-8-7-18(12-3-2-4-12)6-5-14(19)17-13;;/h6-9,14-15,19H,2-5,10-13H2,1H3;5-8,13-14,18H,2-4,9-12H2,1H3;5-6,10-12,14H,1-4,7-9H2;2,5,10-12,14H,1,3-4,6-9H2;9-10,12H,2-8H2,1H3;2*1H4. The normalized spacial score (nSPS) is 18.9. The van der Waals surface area contributed by atoms with Gasteiger partial charge in [-0.25, -0.2) is 49.8 Å². The molecule has 23 nitrogen and oxygen atoms in total. The number of rotatable bonds is 10. The Morgan fingerprint density at radius 2 is 0.655 bits per heavy atom. The Morgan fingerprint density at radius 1 is 0.319 bits per heavy atom. The van der Waals surface area contributed by atoms with Gasteiger partial charge in [0, 0.05) is 226 Å².